The van der Waals surface area contributed by atoms with Crippen molar-refractivity contribution in [2.24, 2.45) is 0 Å². The van der Waals surface area contributed by atoms with Crippen LogP contribution < -0.4 is 5.32 Å². The molecule has 0 saturated carbocycles. The molecule has 0 spiro atoms. The van der Waals surface area contributed by atoms with Gasteiger partial charge in [0.2, 0.25) is 0 Å². The lowest BCUT2D eigenvalue weighted by Gasteiger charge is -2.13. The zero-order valence-electron chi connectivity index (χ0n) is 15.1. The maximum Gasteiger partial charge on any atom is 0.326 e. The van der Waals surface area contributed by atoms with Crippen molar-refractivity contribution >= 4 is 34.5 Å². The molecule has 1 unspecified atom stereocenters. The molecule has 1 amide bonds. The van der Waals surface area contributed by atoms with Crippen molar-refractivity contribution in [2.45, 2.75) is 19.0 Å². The topological polar surface area (TPSA) is 71.3 Å². The fourth-order valence-electron chi connectivity index (χ4n) is 3.07. The van der Waals surface area contributed by atoms with Crippen molar-refractivity contribution in [3.05, 3.63) is 71.9 Å². The van der Waals surface area contributed by atoms with Crippen LogP contribution in [0.25, 0.3) is 10.9 Å². The highest BCUT2D eigenvalue weighted by Gasteiger charge is 2.22. The zero-order valence-corrected chi connectivity index (χ0v) is 15.9. The highest BCUT2D eigenvalue weighted by molar-refractivity contribution is 7.98. The highest BCUT2D eigenvalue weighted by Crippen LogP contribution is 2.22. The Morgan fingerprint density at radius 3 is 2.52 bits per heavy atom. The quantitative estimate of drug-likeness (QED) is 0.624. The number of nitrogens with zero attached hydrogens (tertiary/aromatic N) is 1. The Hall–Kier alpha value is -2.73. The van der Waals surface area contributed by atoms with Crippen LogP contribution in [0.15, 0.2) is 60.8 Å². The number of aromatic nitrogens is 1. The molecule has 0 aliphatic rings. The van der Waals surface area contributed by atoms with E-state index < -0.39 is 12.0 Å². The largest absolute Gasteiger partial charge is 0.480 e. The van der Waals surface area contributed by atoms with Crippen LogP contribution in [0.4, 0.5) is 0 Å². The van der Waals surface area contributed by atoms with Gasteiger partial charge in [-0.1, -0.05) is 48.5 Å². The minimum atomic E-state index is -1.01. The number of para-hydroxylation sites is 1. The number of nitrogens with one attached hydrogen (secondary N) is 1. The standard InChI is InChI=1S/C21H22N2O3S/c1-27-12-11-18(21(25)26)22-20(24)17-14-23(13-15-7-3-2-4-8-15)19-10-6-5-9-16(17)19/h2-10,14,18H,11-13H2,1H3,(H,22,24)(H,25,26). The van der Waals surface area contributed by atoms with Crippen LogP contribution in [0.3, 0.4) is 0 Å². The third-order valence-corrected chi connectivity index (χ3v) is 5.09. The average Bonchev–Trinajstić information content (AvgIpc) is 3.04. The number of carbonyl (C=O) groups excluding carboxylic acids is 1. The number of hydrogen-bond donors (Lipinski definition) is 2. The molecule has 1 heterocycles. The van der Waals surface area contributed by atoms with Gasteiger partial charge in [0.25, 0.3) is 5.91 Å². The molecule has 1 atom stereocenters. The maximum atomic E-state index is 12.8. The Labute approximate surface area is 162 Å². The van der Waals surface area contributed by atoms with E-state index in [4.69, 9.17) is 0 Å². The van der Waals surface area contributed by atoms with E-state index in [1.807, 2.05) is 65.4 Å². The minimum Gasteiger partial charge on any atom is -0.480 e. The Kier molecular flexibility index (Phi) is 6.19. The van der Waals surface area contributed by atoms with Crippen molar-refractivity contribution in [1.29, 1.82) is 0 Å². The Morgan fingerprint density at radius 1 is 1.11 bits per heavy atom. The molecule has 3 aromatic rings. The lowest BCUT2D eigenvalue weighted by atomic mass is 10.1. The summed E-state index contributed by atoms with van der Waals surface area (Å²) in [6.07, 6.45) is 4.11. The number of amides is 1. The van der Waals surface area contributed by atoms with Crippen molar-refractivity contribution < 1.29 is 14.7 Å². The first-order valence-corrected chi connectivity index (χ1v) is 10.1. The smallest absolute Gasteiger partial charge is 0.326 e. The van der Waals surface area contributed by atoms with E-state index in [1.54, 1.807) is 18.0 Å². The van der Waals surface area contributed by atoms with Gasteiger partial charge in [-0.05, 0) is 30.1 Å². The zero-order chi connectivity index (χ0) is 19.2. The van der Waals surface area contributed by atoms with Crippen LogP contribution in [0.1, 0.15) is 22.3 Å². The lowest BCUT2D eigenvalue weighted by Crippen LogP contribution is -2.41. The molecule has 0 aliphatic heterocycles. The normalized spacial score (nSPS) is 12.0. The first-order chi connectivity index (χ1) is 13.1. The van der Waals surface area contributed by atoms with Gasteiger partial charge in [0.15, 0.2) is 0 Å². The van der Waals surface area contributed by atoms with Gasteiger partial charge in [-0.25, -0.2) is 4.79 Å². The van der Waals surface area contributed by atoms with Crippen molar-refractivity contribution in [1.82, 2.24) is 9.88 Å². The molecular formula is C21H22N2O3S. The van der Waals surface area contributed by atoms with Crippen LogP contribution in [0.5, 0.6) is 0 Å². The summed E-state index contributed by atoms with van der Waals surface area (Å²) in [5, 5.41) is 12.9. The number of carboxylic acids is 1. The summed E-state index contributed by atoms with van der Waals surface area (Å²) in [7, 11) is 0. The van der Waals surface area contributed by atoms with Crippen LogP contribution in [-0.2, 0) is 11.3 Å². The number of fused-ring (bicyclic) bond motifs is 1. The van der Waals surface area contributed by atoms with Crippen LogP contribution in [0.2, 0.25) is 0 Å². The van der Waals surface area contributed by atoms with Gasteiger partial charge in [-0.3, -0.25) is 4.79 Å². The number of carboxylic acid groups (broad SMARTS) is 1. The van der Waals surface area contributed by atoms with E-state index >= 15 is 0 Å². The Bertz CT molecular complexity index is 937. The summed E-state index contributed by atoms with van der Waals surface area (Å²) in [6.45, 7) is 0.642. The monoisotopic (exact) mass is 382 g/mol. The third-order valence-electron chi connectivity index (χ3n) is 4.44. The molecule has 0 fully saturated rings. The van der Waals surface area contributed by atoms with Crippen LogP contribution >= 0.6 is 11.8 Å². The SMILES string of the molecule is CSCCC(NC(=O)c1cn(Cc2ccccc2)c2ccccc12)C(=O)O. The van der Waals surface area contributed by atoms with E-state index in [2.05, 4.69) is 5.32 Å². The summed E-state index contributed by atoms with van der Waals surface area (Å²) >= 11 is 1.56. The van der Waals surface area contributed by atoms with Gasteiger partial charge in [0, 0.05) is 23.6 Å². The van der Waals surface area contributed by atoms with Gasteiger partial charge in [-0.2, -0.15) is 11.8 Å². The Balaban J connectivity index is 1.90. The third kappa shape index (κ3) is 4.52. The molecule has 0 aliphatic carbocycles. The molecule has 140 valence electrons. The highest BCUT2D eigenvalue weighted by atomic mass is 32.2. The van der Waals surface area contributed by atoms with Gasteiger partial charge in [-0.15, -0.1) is 0 Å². The average molecular weight is 382 g/mol. The molecule has 0 bridgehead atoms. The van der Waals surface area contributed by atoms with Gasteiger partial charge in [0.05, 0.1) is 5.56 Å². The summed E-state index contributed by atoms with van der Waals surface area (Å²) in [6, 6.07) is 16.8. The first-order valence-electron chi connectivity index (χ1n) is 8.74. The first kappa shape index (κ1) is 19.0. The molecule has 2 N–H and O–H groups in total. The number of hydrogen-bond acceptors (Lipinski definition) is 3. The molecule has 1 aromatic heterocycles. The second-order valence-electron chi connectivity index (χ2n) is 6.32. The number of benzene rings is 2. The number of aliphatic carboxylic acids is 1. The number of thioether (sulfide) groups is 1. The second-order valence-corrected chi connectivity index (χ2v) is 7.30. The lowest BCUT2D eigenvalue weighted by molar-refractivity contribution is -0.139. The molecule has 5 nitrogen and oxygen atoms in total. The fourth-order valence-corrected chi connectivity index (χ4v) is 3.54. The summed E-state index contributed by atoms with van der Waals surface area (Å²) in [5.41, 5.74) is 2.58. The fraction of sp³-hybridized carbons (Fsp3) is 0.238. The second kappa shape index (κ2) is 8.77. The molecular weight excluding hydrogens is 360 g/mol. The molecule has 2 aromatic carbocycles. The maximum absolute atomic E-state index is 12.8. The summed E-state index contributed by atoms with van der Waals surface area (Å²) in [4.78, 5) is 24.3. The van der Waals surface area contributed by atoms with E-state index in [-0.39, 0.29) is 5.91 Å². The number of carbonyl (C=O) groups is 2. The van der Waals surface area contributed by atoms with E-state index in [0.29, 0.717) is 24.3 Å². The predicted octanol–water partition coefficient (Wildman–Crippen LogP) is 3.63. The van der Waals surface area contributed by atoms with Crippen molar-refractivity contribution in [2.75, 3.05) is 12.0 Å². The molecule has 0 saturated heterocycles. The van der Waals surface area contributed by atoms with Crippen LogP contribution in [-0.4, -0.2) is 39.6 Å². The predicted molar refractivity (Wildman–Crippen MR) is 109 cm³/mol. The minimum absolute atomic E-state index is 0.355. The number of rotatable bonds is 8. The summed E-state index contributed by atoms with van der Waals surface area (Å²) in [5.74, 6) is -0.690. The van der Waals surface area contributed by atoms with Crippen LogP contribution in [0, 0.1) is 0 Å². The van der Waals surface area contributed by atoms with E-state index in [9.17, 15) is 14.7 Å². The molecule has 0 radical (unpaired) electrons. The van der Waals surface area contributed by atoms with Gasteiger partial charge in [0.1, 0.15) is 6.04 Å². The molecule has 3 rings (SSSR count). The van der Waals surface area contributed by atoms with E-state index in [0.717, 1.165) is 16.5 Å². The van der Waals surface area contributed by atoms with Gasteiger partial charge >= 0.3 is 5.97 Å². The van der Waals surface area contributed by atoms with E-state index in [1.165, 1.54) is 0 Å². The van der Waals surface area contributed by atoms with Crippen molar-refractivity contribution in [3.63, 3.8) is 0 Å². The molecule has 6 heteroatoms. The summed E-state index contributed by atoms with van der Waals surface area (Å²) < 4.78 is 2.03. The van der Waals surface area contributed by atoms with Gasteiger partial charge < -0.3 is 15.0 Å². The van der Waals surface area contributed by atoms with Crippen molar-refractivity contribution in [3.8, 4) is 0 Å². The molecule has 27 heavy (non-hydrogen) atoms. The Morgan fingerprint density at radius 2 is 1.81 bits per heavy atom.